The Kier molecular flexibility index (Phi) is 3.30. The number of benzene rings is 1. The van der Waals surface area contributed by atoms with Crippen LogP contribution in [-0.2, 0) is 0 Å². The Balaban J connectivity index is 2.84. The molecule has 0 aliphatic rings. The van der Waals surface area contributed by atoms with Gasteiger partial charge in [-0.3, -0.25) is 10.1 Å². The summed E-state index contributed by atoms with van der Waals surface area (Å²) in [5.41, 5.74) is 2.94. The Morgan fingerprint density at radius 3 is 2.63 bits per heavy atom. The minimum atomic E-state index is -0.663. The molecule has 0 saturated heterocycles. The molecule has 1 aromatic carbocycles. The van der Waals surface area contributed by atoms with Crippen molar-refractivity contribution in [2.75, 3.05) is 5.43 Å². The molecule has 0 amide bonds. The van der Waals surface area contributed by atoms with Gasteiger partial charge in [-0.05, 0) is 23.6 Å². The van der Waals surface area contributed by atoms with E-state index in [1.54, 1.807) is 6.07 Å². The number of nitro groups is 1. The van der Waals surface area contributed by atoms with Crippen LogP contribution in [0.2, 0.25) is 0 Å². The SMILES string of the molecule is CC(C)c1cc2cc(F)cc([N+](=O)[O-])c2nc1NN. The lowest BCUT2D eigenvalue weighted by atomic mass is 10.0. The predicted octanol–water partition coefficient (Wildman–Crippen LogP) is 2.69. The lowest BCUT2D eigenvalue weighted by molar-refractivity contribution is -0.383. The second kappa shape index (κ2) is 4.77. The van der Waals surface area contributed by atoms with E-state index in [-0.39, 0.29) is 17.1 Å². The average Bonchev–Trinajstić information content (AvgIpc) is 2.35. The van der Waals surface area contributed by atoms with Crippen molar-refractivity contribution in [2.45, 2.75) is 19.8 Å². The summed E-state index contributed by atoms with van der Waals surface area (Å²) in [4.78, 5) is 14.4. The lowest BCUT2D eigenvalue weighted by Crippen LogP contribution is -2.12. The van der Waals surface area contributed by atoms with Gasteiger partial charge in [-0.2, -0.15) is 0 Å². The minimum Gasteiger partial charge on any atom is -0.308 e. The molecule has 0 aliphatic carbocycles. The first-order valence-electron chi connectivity index (χ1n) is 5.69. The molecule has 100 valence electrons. The highest BCUT2D eigenvalue weighted by Crippen LogP contribution is 2.31. The van der Waals surface area contributed by atoms with E-state index in [0.29, 0.717) is 11.2 Å². The molecule has 0 aliphatic heterocycles. The molecule has 2 rings (SSSR count). The van der Waals surface area contributed by atoms with E-state index < -0.39 is 10.7 Å². The van der Waals surface area contributed by atoms with Crippen molar-refractivity contribution in [2.24, 2.45) is 5.84 Å². The van der Waals surface area contributed by atoms with Gasteiger partial charge in [0.2, 0.25) is 0 Å². The number of aromatic nitrogens is 1. The minimum absolute atomic E-state index is 0.102. The number of nitrogens with one attached hydrogen (secondary N) is 1. The maximum atomic E-state index is 13.4. The Morgan fingerprint density at radius 1 is 1.42 bits per heavy atom. The number of halogens is 1. The van der Waals surface area contributed by atoms with Crippen LogP contribution in [-0.4, -0.2) is 9.91 Å². The molecule has 1 aromatic heterocycles. The Morgan fingerprint density at radius 2 is 2.11 bits per heavy atom. The predicted molar refractivity (Wildman–Crippen MR) is 70.3 cm³/mol. The first-order valence-corrected chi connectivity index (χ1v) is 5.69. The molecule has 0 atom stereocenters. The van der Waals surface area contributed by atoms with Crippen LogP contribution in [0, 0.1) is 15.9 Å². The number of hydrogen-bond donors (Lipinski definition) is 2. The molecule has 2 aromatic rings. The second-order valence-corrected chi connectivity index (χ2v) is 4.48. The zero-order valence-electron chi connectivity index (χ0n) is 10.5. The van der Waals surface area contributed by atoms with Gasteiger partial charge in [0.05, 0.1) is 11.0 Å². The van der Waals surface area contributed by atoms with E-state index in [1.165, 1.54) is 6.07 Å². The summed E-state index contributed by atoms with van der Waals surface area (Å²) in [6.45, 7) is 3.86. The third-order valence-electron chi connectivity index (χ3n) is 2.85. The van der Waals surface area contributed by atoms with E-state index in [1.807, 2.05) is 13.8 Å². The molecule has 7 heteroatoms. The number of anilines is 1. The summed E-state index contributed by atoms with van der Waals surface area (Å²) in [5.74, 6) is 5.18. The van der Waals surface area contributed by atoms with Crippen LogP contribution < -0.4 is 11.3 Å². The van der Waals surface area contributed by atoms with E-state index in [2.05, 4.69) is 10.4 Å². The van der Waals surface area contributed by atoms with Crippen molar-refractivity contribution in [3.05, 3.63) is 39.7 Å². The first kappa shape index (κ1) is 13.2. The molecule has 0 radical (unpaired) electrons. The van der Waals surface area contributed by atoms with E-state index in [9.17, 15) is 14.5 Å². The number of hydrogen-bond acceptors (Lipinski definition) is 5. The van der Waals surface area contributed by atoms with Gasteiger partial charge in [0, 0.05) is 5.39 Å². The quantitative estimate of drug-likeness (QED) is 0.505. The number of hydrazine groups is 1. The molecule has 0 saturated carbocycles. The smallest absolute Gasteiger partial charge is 0.298 e. The molecule has 1 heterocycles. The van der Waals surface area contributed by atoms with Gasteiger partial charge in [-0.1, -0.05) is 13.8 Å². The first-order chi connectivity index (χ1) is 8.93. The molecular weight excluding hydrogens is 251 g/mol. The van der Waals surface area contributed by atoms with Gasteiger partial charge in [-0.15, -0.1) is 0 Å². The van der Waals surface area contributed by atoms with Crippen molar-refractivity contribution in [3.8, 4) is 0 Å². The maximum Gasteiger partial charge on any atom is 0.298 e. The summed E-state index contributed by atoms with van der Waals surface area (Å²) >= 11 is 0. The average molecular weight is 264 g/mol. The Hall–Kier alpha value is -2.28. The van der Waals surface area contributed by atoms with Gasteiger partial charge in [0.25, 0.3) is 5.69 Å². The largest absolute Gasteiger partial charge is 0.308 e. The molecule has 0 fully saturated rings. The van der Waals surface area contributed by atoms with Crippen LogP contribution in [0.5, 0.6) is 0 Å². The van der Waals surface area contributed by atoms with Crippen LogP contribution in [0.25, 0.3) is 10.9 Å². The van der Waals surface area contributed by atoms with E-state index >= 15 is 0 Å². The number of non-ortho nitro benzene ring substituents is 1. The van der Waals surface area contributed by atoms with Crippen molar-refractivity contribution >= 4 is 22.4 Å². The van der Waals surface area contributed by atoms with Gasteiger partial charge >= 0.3 is 0 Å². The van der Waals surface area contributed by atoms with Gasteiger partial charge in [0.15, 0.2) is 5.52 Å². The lowest BCUT2D eigenvalue weighted by Gasteiger charge is -2.12. The number of rotatable bonds is 3. The summed E-state index contributed by atoms with van der Waals surface area (Å²) in [5, 5.41) is 11.3. The van der Waals surface area contributed by atoms with Gasteiger partial charge in [0.1, 0.15) is 11.6 Å². The van der Waals surface area contributed by atoms with Crippen LogP contribution in [0.3, 0.4) is 0 Å². The highest BCUT2D eigenvalue weighted by atomic mass is 19.1. The Bertz CT molecular complexity index is 658. The molecule has 0 unspecified atom stereocenters. The molecule has 0 bridgehead atoms. The van der Waals surface area contributed by atoms with Crippen LogP contribution in [0.15, 0.2) is 18.2 Å². The van der Waals surface area contributed by atoms with Crippen molar-refractivity contribution in [3.63, 3.8) is 0 Å². The van der Waals surface area contributed by atoms with Crippen molar-refractivity contribution in [1.29, 1.82) is 0 Å². The topological polar surface area (TPSA) is 94.1 Å². The molecule has 0 spiro atoms. The summed E-state index contributed by atoms with van der Waals surface area (Å²) < 4.78 is 13.4. The normalized spacial score (nSPS) is 11.0. The third kappa shape index (κ3) is 2.32. The number of pyridine rings is 1. The molecular formula is C12H13FN4O2. The highest BCUT2D eigenvalue weighted by Gasteiger charge is 2.18. The number of nitrogens with zero attached hydrogens (tertiary/aromatic N) is 2. The van der Waals surface area contributed by atoms with Gasteiger partial charge < -0.3 is 5.43 Å². The zero-order valence-corrected chi connectivity index (χ0v) is 10.5. The zero-order chi connectivity index (χ0) is 14.2. The maximum absolute atomic E-state index is 13.4. The summed E-state index contributed by atoms with van der Waals surface area (Å²) in [6.07, 6.45) is 0. The van der Waals surface area contributed by atoms with Crippen LogP contribution in [0.4, 0.5) is 15.9 Å². The number of nitrogen functional groups attached to an aromatic ring is 1. The number of fused-ring (bicyclic) bond motifs is 1. The fourth-order valence-electron chi connectivity index (χ4n) is 1.94. The number of nitrogens with two attached hydrogens (primary N) is 1. The highest BCUT2D eigenvalue weighted by molar-refractivity contribution is 5.89. The third-order valence-corrected chi connectivity index (χ3v) is 2.85. The number of nitro benzene ring substituents is 1. The van der Waals surface area contributed by atoms with E-state index in [0.717, 1.165) is 11.6 Å². The summed E-state index contributed by atoms with van der Waals surface area (Å²) in [7, 11) is 0. The van der Waals surface area contributed by atoms with Crippen LogP contribution >= 0.6 is 0 Å². The Labute approximate surface area is 108 Å². The van der Waals surface area contributed by atoms with Crippen LogP contribution in [0.1, 0.15) is 25.3 Å². The van der Waals surface area contributed by atoms with E-state index in [4.69, 9.17) is 5.84 Å². The summed E-state index contributed by atoms with van der Waals surface area (Å²) in [6, 6.07) is 3.74. The molecule has 6 nitrogen and oxygen atoms in total. The monoisotopic (exact) mass is 264 g/mol. The fourth-order valence-corrected chi connectivity index (χ4v) is 1.94. The molecule has 3 N–H and O–H groups in total. The fraction of sp³-hybridized carbons (Fsp3) is 0.250. The standard InChI is InChI=1S/C12H13FN4O2/c1-6(2)9-4-7-3-8(13)5-10(17(18)19)11(7)15-12(9)16-14/h3-6H,14H2,1-2H3,(H,15,16). The van der Waals surface area contributed by atoms with Crippen molar-refractivity contribution in [1.82, 2.24) is 4.98 Å². The molecule has 19 heavy (non-hydrogen) atoms. The van der Waals surface area contributed by atoms with Crippen molar-refractivity contribution < 1.29 is 9.31 Å². The second-order valence-electron chi connectivity index (χ2n) is 4.48. The van der Waals surface area contributed by atoms with Gasteiger partial charge in [-0.25, -0.2) is 15.2 Å².